The van der Waals surface area contributed by atoms with Crippen LogP contribution in [0.1, 0.15) is 95.7 Å². The van der Waals surface area contributed by atoms with E-state index in [9.17, 15) is 0 Å². The van der Waals surface area contributed by atoms with Crippen LogP contribution in [0.2, 0.25) is 0 Å². The standard InChI is InChI=1S/C38H40N4O.Pt/c1-23(2)30-21-27(22-32(40-30)36-41-35-10-8-9-16-38(35,7)43-36)42-33-14-11-24(3)18-29(33)28-13-12-25(19-34(28)42)31-20-26(15-17-39-31)37(4,5)6;/h11-15,17-18,20-21,23,35H,8-10,16H2,1-7H3;/q-2;+2/t35-,38-;/m0./s1. The van der Waals surface area contributed by atoms with E-state index in [1.54, 1.807) is 0 Å². The Hall–Kier alpha value is -3.30. The average Bonchev–Trinajstić information content (AvgIpc) is 3.50. The quantitative estimate of drug-likeness (QED) is 0.172. The summed E-state index contributed by atoms with van der Waals surface area (Å²) >= 11 is 0. The SMILES string of the molecule is Cc1ccc2c(c1)c1ccc(-c3cc(C(C)(C)C)ccn3)[c-]c1n2-c1[c-]c(C2=N[C@H]3CCCC[C@]3(C)O2)nc(C(C)C)c1.[Pt+2]. The van der Waals surface area contributed by atoms with Crippen molar-refractivity contribution in [2.45, 2.75) is 97.1 Å². The third-order valence-electron chi connectivity index (χ3n) is 9.25. The Morgan fingerprint density at radius 3 is 2.57 bits per heavy atom. The first-order valence-electron chi connectivity index (χ1n) is 15.7. The third kappa shape index (κ3) is 5.32. The molecule has 0 N–H and O–H groups in total. The summed E-state index contributed by atoms with van der Waals surface area (Å²) in [7, 11) is 0. The number of benzene rings is 2. The van der Waals surface area contributed by atoms with Crippen LogP contribution in [0.4, 0.5) is 0 Å². The summed E-state index contributed by atoms with van der Waals surface area (Å²) in [5, 5.41) is 2.35. The maximum Gasteiger partial charge on any atom is 2.00 e. The number of hydrogen-bond acceptors (Lipinski definition) is 4. The van der Waals surface area contributed by atoms with Crippen molar-refractivity contribution in [3.05, 3.63) is 89.4 Å². The molecule has 2 atom stereocenters. The van der Waals surface area contributed by atoms with Crippen LogP contribution in [0.15, 0.2) is 59.7 Å². The van der Waals surface area contributed by atoms with E-state index in [2.05, 4.69) is 114 Å². The smallest absolute Gasteiger partial charge is 0.525 e. The van der Waals surface area contributed by atoms with E-state index >= 15 is 0 Å². The topological polar surface area (TPSA) is 52.3 Å². The second-order valence-electron chi connectivity index (χ2n) is 14.0. The van der Waals surface area contributed by atoms with Crippen molar-refractivity contribution in [1.29, 1.82) is 0 Å². The van der Waals surface area contributed by atoms with Gasteiger partial charge in [-0.1, -0.05) is 75.9 Å². The molecular weight excluding hydrogens is 724 g/mol. The zero-order valence-corrected chi connectivity index (χ0v) is 29.0. The first-order chi connectivity index (χ1) is 20.5. The van der Waals surface area contributed by atoms with E-state index in [0.29, 0.717) is 11.6 Å². The largest absolute Gasteiger partial charge is 2.00 e. The number of nitrogens with zero attached hydrogens (tertiary/aromatic N) is 4. The maximum absolute atomic E-state index is 6.58. The van der Waals surface area contributed by atoms with Gasteiger partial charge in [0.05, 0.1) is 6.04 Å². The Morgan fingerprint density at radius 2 is 1.82 bits per heavy atom. The van der Waals surface area contributed by atoms with Crippen LogP contribution in [-0.4, -0.2) is 32.1 Å². The summed E-state index contributed by atoms with van der Waals surface area (Å²) in [6.45, 7) is 15.4. The molecule has 228 valence electrons. The van der Waals surface area contributed by atoms with E-state index in [4.69, 9.17) is 19.7 Å². The van der Waals surface area contributed by atoms with Crippen molar-refractivity contribution in [1.82, 2.24) is 14.5 Å². The molecule has 1 aliphatic heterocycles. The molecule has 5 nitrogen and oxygen atoms in total. The van der Waals surface area contributed by atoms with Crippen LogP contribution in [0.5, 0.6) is 0 Å². The van der Waals surface area contributed by atoms with Crippen LogP contribution >= 0.6 is 0 Å². The first-order valence-corrected chi connectivity index (χ1v) is 15.7. The predicted molar refractivity (Wildman–Crippen MR) is 175 cm³/mol. The molecule has 0 spiro atoms. The summed E-state index contributed by atoms with van der Waals surface area (Å²) in [6.07, 6.45) is 6.37. The summed E-state index contributed by atoms with van der Waals surface area (Å²) < 4.78 is 8.86. The van der Waals surface area contributed by atoms with Gasteiger partial charge in [0, 0.05) is 17.4 Å². The van der Waals surface area contributed by atoms with Gasteiger partial charge in [-0.05, 0) is 84.4 Å². The number of rotatable bonds is 4. The molecule has 5 aromatic rings. The van der Waals surface area contributed by atoms with Gasteiger partial charge in [0.2, 0.25) is 0 Å². The van der Waals surface area contributed by atoms with Gasteiger partial charge in [0.1, 0.15) is 11.5 Å². The van der Waals surface area contributed by atoms with Crippen LogP contribution in [0, 0.1) is 19.1 Å². The van der Waals surface area contributed by atoms with Gasteiger partial charge in [0.15, 0.2) is 0 Å². The minimum Gasteiger partial charge on any atom is -0.525 e. The zero-order valence-electron chi connectivity index (χ0n) is 26.7. The molecule has 1 fully saturated rings. The van der Waals surface area contributed by atoms with Crippen molar-refractivity contribution >= 4 is 27.7 Å². The molecule has 1 saturated carbocycles. The molecule has 0 unspecified atom stereocenters. The Morgan fingerprint density at radius 1 is 1.00 bits per heavy atom. The molecule has 7 rings (SSSR count). The molecule has 3 aromatic heterocycles. The Balaban J connectivity index is 0.00000343. The third-order valence-corrected chi connectivity index (χ3v) is 9.25. The van der Waals surface area contributed by atoms with Gasteiger partial charge >= 0.3 is 21.1 Å². The van der Waals surface area contributed by atoms with Crippen molar-refractivity contribution < 1.29 is 25.8 Å². The molecular formula is C38H40N4OPt. The molecule has 0 saturated heterocycles. The summed E-state index contributed by atoms with van der Waals surface area (Å²) in [5.74, 6) is 0.855. The Bertz CT molecular complexity index is 1910. The fraction of sp³-hybridized carbons (Fsp3) is 0.395. The molecule has 6 heteroatoms. The summed E-state index contributed by atoms with van der Waals surface area (Å²) in [4.78, 5) is 14.9. The van der Waals surface area contributed by atoms with E-state index < -0.39 is 0 Å². The number of aryl methyl sites for hydroxylation is 1. The number of fused-ring (bicyclic) bond motifs is 4. The number of aromatic nitrogens is 3. The van der Waals surface area contributed by atoms with Crippen LogP contribution in [-0.2, 0) is 31.2 Å². The Kier molecular flexibility index (Phi) is 7.85. The first kappa shape index (κ1) is 30.7. The average molecular weight is 764 g/mol. The number of hydrogen-bond donors (Lipinski definition) is 0. The normalized spacial score (nSPS) is 20.0. The van der Waals surface area contributed by atoms with E-state index in [-0.39, 0.29) is 44.0 Å². The van der Waals surface area contributed by atoms with Gasteiger partial charge in [-0.15, -0.1) is 35.9 Å². The van der Waals surface area contributed by atoms with Crippen molar-refractivity contribution in [3.63, 3.8) is 0 Å². The zero-order chi connectivity index (χ0) is 30.1. The summed E-state index contributed by atoms with van der Waals surface area (Å²) in [6, 6.07) is 25.1. The molecule has 0 radical (unpaired) electrons. The fourth-order valence-electron chi connectivity index (χ4n) is 6.61. The van der Waals surface area contributed by atoms with E-state index in [0.717, 1.165) is 51.9 Å². The van der Waals surface area contributed by atoms with Gasteiger partial charge in [-0.25, -0.2) is 0 Å². The van der Waals surface area contributed by atoms with Crippen molar-refractivity contribution in [2.24, 2.45) is 4.99 Å². The second kappa shape index (κ2) is 11.2. The monoisotopic (exact) mass is 763 g/mol. The molecule has 2 aromatic carbocycles. The van der Waals surface area contributed by atoms with Gasteiger partial charge in [-0.3, -0.25) is 4.98 Å². The van der Waals surface area contributed by atoms with Crippen molar-refractivity contribution in [2.75, 3.05) is 0 Å². The van der Waals surface area contributed by atoms with Crippen LogP contribution in [0.3, 0.4) is 0 Å². The number of pyridine rings is 2. The molecule has 2 aliphatic rings. The van der Waals surface area contributed by atoms with Gasteiger partial charge < -0.3 is 19.3 Å². The molecule has 0 amide bonds. The minimum atomic E-state index is -0.251. The number of aliphatic imine (C=N–C) groups is 1. The fourth-order valence-corrected chi connectivity index (χ4v) is 6.61. The predicted octanol–water partition coefficient (Wildman–Crippen LogP) is 9.05. The molecule has 0 bridgehead atoms. The molecule has 1 aliphatic carbocycles. The van der Waals surface area contributed by atoms with Gasteiger partial charge in [-0.2, -0.15) is 0 Å². The maximum atomic E-state index is 6.58. The summed E-state index contributed by atoms with van der Waals surface area (Å²) in [5.41, 5.74) is 8.87. The van der Waals surface area contributed by atoms with Crippen LogP contribution in [0.25, 0.3) is 38.8 Å². The van der Waals surface area contributed by atoms with Crippen LogP contribution < -0.4 is 0 Å². The minimum absolute atomic E-state index is 0. The second-order valence-corrected chi connectivity index (χ2v) is 14.0. The molecule has 4 heterocycles. The number of ether oxygens (including phenoxy) is 1. The van der Waals surface area contributed by atoms with Crippen molar-refractivity contribution in [3.8, 4) is 16.9 Å². The van der Waals surface area contributed by atoms with E-state index in [1.165, 1.54) is 29.4 Å². The molecule has 44 heavy (non-hydrogen) atoms. The van der Waals surface area contributed by atoms with E-state index in [1.807, 2.05) is 6.20 Å². The van der Waals surface area contributed by atoms with Gasteiger partial charge in [0.25, 0.3) is 0 Å². The Labute approximate surface area is 275 Å².